The molecule has 1 amide bonds. The number of ether oxygens (including phenoxy) is 1. The molecule has 106 valence electrons. The third-order valence-corrected chi connectivity index (χ3v) is 3.51. The molecular weight excluding hydrogens is 260 g/mol. The van der Waals surface area contributed by atoms with Crippen LogP contribution in [0.2, 0.25) is 0 Å². The highest BCUT2D eigenvalue weighted by atomic mass is 32.2. The minimum atomic E-state index is -0.128. The normalized spacial score (nSPS) is 11.9. The van der Waals surface area contributed by atoms with E-state index in [-0.39, 0.29) is 11.9 Å². The van der Waals surface area contributed by atoms with Gasteiger partial charge in [-0.15, -0.1) is 0 Å². The van der Waals surface area contributed by atoms with Crippen LogP contribution in [0.15, 0.2) is 18.2 Å². The summed E-state index contributed by atoms with van der Waals surface area (Å²) < 4.78 is 5.47. The molecule has 1 unspecified atom stereocenters. The lowest BCUT2D eigenvalue weighted by Gasteiger charge is -2.18. The maximum absolute atomic E-state index is 12.3. The summed E-state index contributed by atoms with van der Waals surface area (Å²) in [7, 11) is 0. The number of nitrogens with one attached hydrogen (secondary N) is 1. The van der Waals surface area contributed by atoms with Crippen molar-refractivity contribution in [2.75, 3.05) is 24.3 Å². The number of benzene rings is 1. The van der Waals surface area contributed by atoms with Crippen LogP contribution >= 0.6 is 11.8 Å². The van der Waals surface area contributed by atoms with Gasteiger partial charge in [-0.2, -0.15) is 11.8 Å². The van der Waals surface area contributed by atoms with Crippen LogP contribution in [0.5, 0.6) is 5.75 Å². The largest absolute Gasteiger partial charge is 0.491 e. The molecule has 0 radical (unpaired) electrons. The quantitative estimate of drug-likeness (QED) is 0.754. The number of carbonyl (C=O) groups excluding carboxylic acids is 1. The number of hydrogen-bond donors (Lipinski definition) is 2. The number of hydrogen-bond acceptors (Lipinski definition) is 4. The van der Waals surface area contributed by atoms with Gasteiger partial charge in [0.15, 0.2) is 5.75 Å². The molecular formula is C14H22N2O2S. The number of thioether (sulfide) groups is 1. The zero-order valence-electron chi connectivity index (χ0n) is 11.7. The molecule has 1 aromatic carbocycles. The number of nitrogen functional groups attached to an aromatic ring is 1. The second-order valence-electron chi connectivity index (χ2n) is 4.19. The van der Waals surface area contributed by atoms with Gasteiger partial charge in [-0.3, -0.25) is 4.79 Å². The van der Waals surface area contributed by atoms with Crippen molar-refractivity contribution in [3.8, 4) is 5.75 Å². The first kappa shape index (κ1) is 15.7. The van der Waals surface area contributed by atoms with Gasteiger partial charge in [0, 0.05) is 11.8 Å². The van der Waals surface area contributed by atoms with Gasteiger partial charge in [-0.05, 0) is 31.7 Å². The van der Waals surface area contributed by atoms with Crippen molar-refractivity contribution in [2.24, 2.45) is 0 Å². The first-order valence-electron chi connectivity index (χ1n) is 6.45. The van der Waals surface area contributed by atoms with Crippen molar-refractivity contribution < 1.29 is 9.53 Å². The van der Waals surface area contributed by atoms with Crippen molar-refractivity contribution in [3.05, 3.63) is 23.8 Å². The summed E-state index contributed by atoms with van der Waals surface area (Å²) in [5.41, 5.74) is 6.85. The predicted octanol–water partition coefficient (Wildman–Crippen LogP) is 2.54. The van der Waals surface area contributed by atoms with Crippen LogP contribution in [-0.2, 0) is 0 Å². The number of nitrogens with two attached hydrogens (primary N) is 1. The van der Waals surface area contributed by atoms with E-state index in [0.29, 0.717) is 23.6 Å². The molecule has 1 aromatic rings. The molecule has 0 aliphatic rings. The highest BCUT2D eigenvalue weighted by Crippen LogP contribution is 2.26. The molecule has 0 bridgehead atoms. The van der Waals surface area contributed by atoms with Gasteiger partial charge in [0.25, 0.3) is 5.91 Å². The van der Waals surface area contributed by atoms with Gasteiger partial charge in [-0.25, -0.2) is 0 Å². The second kappa shape index (κ2) is 7.94. The van der Waals surface area contributed by atoms with Crippen LogP contribution < -0.4 is 15.8 Å². The van der Waals surface area contributed by atoms with Gasteiger partial charge in [-0.1, -0.05) is 13.0 Å². The number of para-hydroxylation sites is 1. The lowest BCUT2D eigenvalue weighted by Crippen LogP contribution is -2.36. The van der Waals surface area contributed by atoms with E-state index in [2.05, 4.69) is 12.2 Å². The average molecular weight is 282 g/mol. The highest BCUT2D eigenvalue weighted by Gasteiger charge is 2.17. The fraction of sp³-hybridized carbons (Fsp3) is 0.500. The Bertz CT molecular complexity index is 424. The molecule has 0 saturated heterocycles. The zero-order chi connectivity index (χ0) is 14.3. The van der Waals surface area contributed by atoms with E-state index in [1.54, 1.807) is 30.0 Å². The molecule has 0 saturated carbocycles. The summed E-state index contributed by atoms with van der Waals surface area (Å²) >= 11 is 1.72. The topological polar surface area (TPSA) is 64.3 Å². The standard InChI is InChI=1S/C14H22N2O2S/c1-4-10(9-19-3)16-14(17)11-7-6-8-12(15)13(11)18-5-2/h6-8,10H,4-5,9,15H2,1-3H3,(H,16,17). The summed E-state index contributed by atoms with van der Waals surface area (Å²) in [6.45, 7) is 4.41. The Balaban J connectivity index is 2.89. The third-order valence-electron chi connectivity index (χ3n) is 2.77. The van der Waals surface area contributed by atoms with E-state index in [1.165, 1.54) is 0 Å². The lowest BCUT2D eigenvalue weighted by molar-refractivity contribution is 0.0936. The summed E-state index contributed by atoms with van der Waals surface area (Å²) in [6, 6.07) is 5.41. The first-order valence-corrected chi connectivity index (χ1v) is 7.84. The van der Waals surface area contributed by atoms with E-state index < -0.39 is 0 Å². The van der Waals surface area contributed by atoms with Crippen molar-refractivity contribution in [3.63, 3.8) is 0 Å². The van der Waals surface area contributed by atoms with E-state index in [1.807, 2.05) is 13.2 Å². The monoisotopic (exact) mass is 282 g/mol. The molecule has 19 heavy (non-hydrogen) atoms. The number of anilines is 1. The van der Waals surface area contributed by atoms with Crippen LogP contribution in [0.4, 0.5) is 5.69 Å². The first-order chi connectivity index (χ1) is 9.13. The van der Waals surface area contributed by atoms with E-state index >= 15 is 0 Å². The Kier molecular flexibility index (Phi) is 6.56. The number of rotatable bonds is 7. The van der Waals surface area contributed by atoms with Crippen LogP contribution in [-0.4, -0.2) is 30.6 Å². The molecule has 1 atom stereocenters. The molecule has 0 fully saturated rings. The average Bonchev–Trinajstić information content (AvgIpc) is 2.40. The zero-order valence-corrected chi connectivity index (χ0v) is 12.5. The predicted molar refractivity (Wildman–Crippen MR) is 82.0 cm³/mol. The van der Waals surface area contributed by atoms with E-state index in [9.17, 15) is 4.79 Å². The number of amides is 1. The second-order valence-corrected chi connectivity index (χ2v) is 5.10. The summed E-state index contributed by atoms with van der Waals surface area (Å²) in [5, 5.41) is 3.01. The van der Waals surface area contributed by atoms with Gasteiger partial charge < -0.3 is 15.8 Å². The molecule has 0 aliphatic heterocycles. The molecule has 0 heterocycles. The fourth-order valence-electron chi connectivity index (χ4n) is 1.77. The third kappa shape index (κ3) is 4.35. The van der Waals surface area contributed by atoms with Crippen molar-refractivity contribution in [1.82, 2.24) is 5.32 Å². The van der Waals surface area contributed by atoms with Crippen LogP contribution in [0.1, 0.15) is 30.6 Å². The maximum atomic E-state index is 12.3. The van der Waals surface area contributed by atoms with E-state index in [4.69, 9.17) is 10.5 Å². The highest BCUT2D eigenvalue weighted by molar-refractivity contribution is 7.98. The summed E-state index contributed by atoms with van der Waals surface area (Å²) in [6.07, 6.45) is 2.93. The van der Waals surface area contributed by atoms with Crippen LogP contribution in [0.25, 0.3) is 0 Å². The van der Waals surface area contributed by atoms with Crippen LogP contribution in [0, 0.1) is 0 Å². The maximum Gasteiger partial charge on any atom is 0.255 e. The number of carbonyl (C=O) groups is 1. The van der Waals surface area contributed by atoms with Crippen molar-refractivity contribution >= 4 is 23.4 Å². The fourth-order valence-corrected chi connectivity index (χ4v) is 2.49. The Morgan fingerprint density at radius 2 is 2.21 bits per heavy atom. The lowest BCUT2D eigenvalue weighted by atomic mass is 10.1. The van der Waals surface area contributed by atoms with Crippen molar-refractivity contribution in [2.45, 2.75) is 26.3 Å². The minimum Gasteiger partial charge on any atom is -0.491 e. The molecule has 0 aromatic heterocycles. The Hall–Kier alpha value is -1.36. The minimum absolute atomic E-state index is 0.128. The Labute approximate surface area is 119 Å². The van der Waals surface area contributed by atoms with Crippen LogP contribution in [0.3, 0.4) is 0 Å². The molecule has 5 heteroatoms. The SMILES string of the molecule is CCOc1c(N)cccc1C(=O)NC(CC)CSC. The Morgan fingerprint density at radius 1 is 1.47 bits per heavy atom. The molecule has 3 N–H and O–H groups in total. The molecule has 1 rings (SSSR count). The molecule has 0 spiro atoms. The van der Waals surface area contributed by atoms with Gasteiger partial charge in [0.05, 0.1) is 17.9 Å². The molecule has 4 nitrogen and oxygen atoms in total. The van der Waals surface area contributed by atoms with Gasteiger partial charge >= 0.3 is 0 Å². The summed E-state index contributed by atoms with van der Waals surface area (Å²) in [5.74, 6) is 1.24. The van der Waals surface area contributed by atoms with E-state index in [0.717, 1.165) is 12.2 Å². The Morgan fingerprint density at radius 3 is 2.79 bits per heavy atom. The summed E-state index contributed by atoms with van der Waals surface area (Å²) in [4.78, 5) is 12.3. The van der Waals surface area contributed by atoms with Gasteiger partial charge in [0.1, 0.15) is 0 Å². The van der Waals surface area contributed by atoms with Crippen molar-refractivity contribution in [1.29, 1.82) is 0 Å². The van der Waals surface area contributed by atoms with Gasteiger partial charge in [0.2, 0.25) is 0 Å². The smallest absolute Gasteiger partial charge is 0.255 e. The molecule has 0 aliphatic carbocycles.